The van der Waals surface area contributed by atoms with E-state index >= 15 is 0 Å². The SMILES string of the molecule is C[C@H]1[C@H]2OC(C)(C)O[C@H]2[C@@H]2C[C@H](Oc3ccccc3)ON12. The Morgan fingerprint density at radius 1 is 1.14 bits per heavy atom. The fourth-order valence-electron chi connectivity index (χ4n) is 3.59. The first-order valence-corrected chi connectivity index (χ1v) is 7.56. The molecular formula is C16H21NO4. The molecule has 3 heterocycles. The molecule has 1 aromatic carbocycles. The van der Waals surface area contributed by atoms with Crippen molar-refractivity contribution in [1.82, 2.24) is 5.06 Å². The average Bonchev–Trinajstić information content (AvgIpc) is 3.05. The van der Waals surface area contributed by atoms with Crippen LogP contribution in [0.2, 0.25) is 0 Å². The molecule has 3 aliphatic heterocycles. The number of hydroxylamine groups is 2. The van der Waals surface area contributed by atoms with Crippen LogP contribution >= 0.6 is 0 Å². The summed E-state index contributed by atoms with van der Waals surface area (Å²) in [6.07, 6.45) is 0.662. The third kappa shape index (κ3) is 2.25. The van der Waals surface area contributed by atoms with Crippen molar-refractivity contribution in [3.63, 3.8) is 0 Å². The average molecular weight is 291 g/mol. The fourth-order valence-corrected chi connectivity index (χ4v) is 3.59. The summed E-state index contributed by atoms with van der Waals surface area (Å²) in [7, 11) is 0. The van der Waals surface area contributed by atoms with Gasteiger partial charge in [0.15, 0.2) is 5.79 Å². The van der Waals surface area contributed by atoms with Crippen LogP contribution in [0.25, 0.3) is 0 Å². The number of para-hydroxylation sites is 1. The first kappa shape index (κ1) is 13.5. The molecule has 3 saturated heterocycles. The van der Waals surface area contributed by atoms with E-state index in [1.165, 1.54) is 0 Å². The van der Waals surface area contributed by atoms with Gasteiger partial charge in [-0.3, -0.25) is 4.84 Å². The van der Waals surface area contributed by atoms with Crippen LogP contribution in [0.4, 0.5) is 0 Å². The Morgan fingerprint density at radius 2 is 1.86 bits per heavy atom. The quantitative estimate of drug-likeness (QED) is 0.836. The van der Waals surface area contributed by atoms with Crippen LogP contribution in [-0.4, -0.2) is 41.4 Å². The minimum absolute atomic E-state index is 0.0550. The zero-order valence-corrected chi connectivity index (χ0v) is 12.6. The lowest BCUT2D eigenvalue weighted by atomic mass is 10.1. The van der Waals surface area contributed by atoms with Crippen molar-refractivity contribution in [3.8, 4) is 5.75 Å². The lowest BCUT2D eigenvalue weighted by Crippen LogP contribution is -2.37. The Bertz CT molecular complexity index is 520. The van der Waals surface area contributed by atoms with Crippen molar-refractivity contribution in [2.24, 2.45) is 0 Å². The summed E-state index contributed by atoms with van der Waals surface area (Å²) in [5, 5.41) is 2.00. The van der Waals surface area contributed by atoms with E-state index in [0.717, 1.165) is 12.2 Å². The second-order valence-electron chi connectivity index (χ2n) is 6.43. The van der Waals surface area contributed by atoms with Crippen molar-refractivity contribution in [1.29, 1.82) is 0 Å². The van der Waals surface area contributed by atoms with E-state index in [2.05, 4.69) is 6.92 Å². The minimum atomic E-state index is -0.506. The molecule has 0 bridgehead atoms. The van der Waals surface area contributed by atoms with Gasteiger partial charge in [-0.2, -0.15) is 5.06 Å². The lowest BCUT2D eigenvalue weighted by molar-refractivity contribution is -0.246. The largest absolute Gasteiger partial charge is 0.463 e. The third-order valence-corrected chi connectivity index (χ3v) is 4.43. The topological polar surface area (TPSA) is 40.2 Å². The van der Waals surface area contributed by atoms with Gasteiger partial charge in [-0.15, -0.1) is 0 Å². The Hall–Kier alpha value is -1.14. The molecule has 4 rings (SSSR count). The molecule has 3 fully saturated rings. The van der Waals surface area contributed by atoms with Crippen molar-refractivity contribution < 1.29 is 19.0 Å². The van der Waals surface area contributed by atoms with Gasteiger partial charge in [0.05, 0.1) is 12.1 Å². The normalized spacial score (nSPS) is 41.0. The summed E-state index contributed by atoms with van der Waals surface area (Å²) < 4.78 is 17.9. The van der Waals surface area contributed by atoms with Gasteiger partial charge in [0.1, 0.15) is 18.0 Å². The molecule has 0 spiro atoms. The van der Waals surface area contributed by atoms with Gasteiger partial charge in [0, 0.05) is 6.42 Å². The monoisotopic (exact) mass is 291 g/mol. The van der Waals surface area contributed by atoms with Gasteiger partial charge in [-0.25, -0.2) is 0 Å². The van der Waals surface area contributed by atoms with Gasteiger partial charge < -0.3 is 14.2 Å². The van der Waals surface area contributed by atoms with Crippen LogP contribution in [0, 0.1) is 0 Å². The van der Waals surface area contributed by atoms with Crippen LogP contribution in [0.5, 0.6) is 5.75 Å². The first-order valence-electron chi connectivity index (χ1n) is 7.56. The molecule has 0 aromatic heterocycles. The van der Waals surface area contributed by atoms with E-state index in [-0.39, 0.29) is 30.6 Å². The molecule has 0 unspecified atom stereocenters. The minimum Gasteiger partial charge on any atom is -0.463 e. The number of rotatable bonds is 2. The number of nitrogens with zero attached hydrogens (tertiary/aromatic N) is 1. The predicted molar refractivity (Wildman–Crippen MR) is 75.5 cm³/mol. The maximum Gasteiger partial charge on any atom is 0.219 e. The Kier molecular flexibility index (Phi) is 3.01. The summed E-state index contributed by atoms with van der Waals surface area (Å²) in [5.41, 5.74) is 0. The lowest BCUT2D eigenvalue weighted by Gasteiger charge is -2.26. The van der Waals surface area contributed by atoms with Crippen molar-refractivity contribution in [2.75, 3.05) is 0 Å². The van der Waals surface area contributed by atoms with Crippen LogP contribution in [-0.2, 0) is 14.3 Å². The Morgan fingerprint density at radius 3 is 2.62 bits per heavy atom. The van der Waals surface area contributed by atoms with Gasteiger partial charge in [-0.05, 0) is 32.9 Å². The summed E-state index contributed by atoms with van der Waals surface area (Å²) in [5.74, 6) is 0.324. The van der Waals surface area contributed by atoms with E-state index in [4.69, 9.17) is 19.0 Å². The second-order valence-corrected chi connectivity index (χ2v) is 6.43. The molecule has 3 aliphatic rings. The molecule has 0 saturated carbocycles. The number of fused-ring (bicyclic) bond motifs is 3. The number of ether oxygens (including phenoxy) is 3. The molecule has 5 heteroatoms. The molecule has 0 amide bonds. The molecule has 0 aliphatic carbocycles. The van der Waals surface area contributed by atoms with Crippen molar-refractivity contribution in [2.45, 2.75) is 63.6 Å². The third-order valence-electron chi connectivity index (χ3n) is 4.43. The summed E-state index contributed by atoms with van der Waals surface area (Å²) in [6.45, 7) is 6.06. The molecule has 0 N–H and O–H groups in total. The highest BCUT2D eigenvalue weighted by Crippen LogP contribution is 2.45. The van der Waals surface area contributed by atoms with E-state index in [1.807, 2.05) is 49.2 Å². The number of hydrogen-bond acceptors (Lipinski definition) is 5. The zero-order chi connectivity index (χ0) is 14.6. The van der Waals surface area contributed by atoms with Crippen molar-refractivity contribution in [3.05, 3.63) is 30.3 Å². The van der Waals surface area contributed by atoms with Crippen LogP contribution in [0.15, 0.2) is 30.3 Å². The molecule has 1 aromatic rings. The smallest absolute Gasteiger partial charge is 0.219 e. The molecule has 21 heavy (non-hydrogen) atoms. The van der Waals surface area contributed by atoms with Gasteiger partial charge in [-0.1, -0.05) is 18.2 Å². The van der Waals surface area contributed by atoms with Crippen LogP contribution in [0.3, 0.4) is 0 Å². The maximum absolute atomic E-state index is 6.06. The van der Waals surface area contributed by atoms with Gasteiger partial charge in [0.25, 0.3) is 0 Å². The molecule has 0 radical (unpaired) electrons. The molecule has 114 valence electrons. The Labute approximate surface area is 124 Å². The predicted octanol–water partition coefficient (Wildman–Crippen LogP) is 2.32. The molecule has 5 atom stereocenters. The van der Waals surface area contributed by atoms with Gasteiger partial charge in [0.2, 0.25) is 6.29 Å². The highest BCUT2D eigenvalue weighted by molar-refractivity contribution is 5.21. The van der Waals surface area contributed by atoms with E-state index in [1.54, 1.807) is 0 Å². The van der Waals surface area contributed by atoms with Gasteiger partial charge >= 0.3 is 0 Å². The zero-order valence-electron chi connectivity index (χ0n) is 12.6. The second kappa shape index (κ2) is 4.68. The fraction of sp³-hybridized carbons (Fsp3) is 0.625. The van der Waals surface area contributed by atoms with E-state index < -0.39 is 5.79 Å². The number of hydrogen-bond donors (Lipinski definition) is 0. The van der Waals surface area contributed by atoms with E-state index in [9.17, 15) is 0 Å². The summed E-state index contributed by atoms with van der Waals surface area (Å²) >= 11 is 0. The highest BCUT2D eigenvalue weighted by Gasteiger charge is 2.60. The first-order chi connectivity index (χ1) is 10.0. The standard InChI is InChI=1S/C16H21NO4/c1-10-14-15(20-16(2,3)19-14)12-9-13(21-17(10)12)18-11-7-5-4-6-8-11/h4-8,10,12-15H,9H2,1-3H3/t10-,12-,13+,14+,15-/m0/s1. The number of benzene rings is 1. The maximum atomic E-state index is 6.06. The van der Waals surface area contributed by atoms with Crippen LogP contribution in [0.1, 0.15) is 27.2 Å². The highest BCUT2D eigenvalue weighted by atomic mass is 16.8. The van der Waals surface area contributed by atoms with Crippen molar-refractivity contribution >= 4 is 0 Å². The van der Waals surface area contributed by atoms with E-state index in [0.29, 0.717) is 0 Å². The summed E-state index contributed by atoms with van der Waals surface area (Å²) in [4.78, 5) is 5.96. The van der Waals surface area contributed by atoms with Crippen LogP contribution < -0.4 is 4.74 Å². The Balaban J connectivity index is 1.47. The molecule has 5 nitrogen and oxygen atoms in total. The summed E-state index contributed by atoms with van der Waals surface area (Å²) in [6, 6.07) is 10.1. The molecular weight excluding hydrogens is 270 g/mol.